The number of carboxylic acids is 2. The Morgan fingerprint density at radius 2 is 1.32 bits per heavy atom. The molecule has 0 saturated heterocycles. The van der Waals surface area contributed by atoms with Gasteiger partial charge in [0.05, 0.1) is 10.8 Å². The summed E-state index contributed by atoms with van der Waals surface area (Å²) in [5, 5.41) is 21.6. The predicted octanol–water partition coefficient (Wildman–Crippen LogP) is 9.79. The van der Waals surface area contributed by atoms with Crippen LogP contribution in [0.3, 0.4) is 0 Å². The molecule has 244 valence electrons. The van der Waals surface area contributed by atoms with Crippen molar-refractivity contribution in [2.45, 2.75) is 132 Å². The second-order valence-electron chi connectivity index (χ2n) is 18.6. The molecule has 0 aromatic carbocycles. The van der Waals surface area contributed by atoms with Gasteiger partial charge in [-0.1, -0.05) is 62.8 Å². The van der Waals surface area contributed by atoms with Crippen LogP contribution in [0.25, 0.3) is 0 Å². The molecule has 7 aliphatic rings. The molecular formula is C40H60O4. The first kappa shape index (κ1) is 31.0. The van der Waals surface area contributed by atoms with Crippen LogP contribution in [-0.2, 0) is 9.59 Å². The van der Waals surface area contributed by atoms with Crippen molar-refractivity contribution in [3.63, 3.8) is 0 Å². The number of rotatable bonds is 3. The molecule has 5 saturated carbocycles. The van der Waals surface area contributed by atoms with Gasteiger partial charge in [-0.3, -0.25) is 9.59 Å². The Kier molecular flexibility index (Phi) is 7.03. The van der Waals surface area contributed by atoms with Crippen LogP contribution in [0.2, 0.25) is 0 Å². The van der Waals surface area contributed by atoms with Crippen LogP contribution in [-0.4, -0.2) is 22.2 Å². The normalized spacial score (nSPS) is 51.1. The molecule has 0 aromatic rings. The molecule has 0 aromatic heterocycles. The van der Waals surface area contributed by atoms with Crippen LogP contribution in [0.15, 0.2) is 22.3 Å². The Bertz CT molecular complexity index is 1320. The molecule has 13 unspecified atom stereocenters. The van der Waals surface area contributed by atoms with Crippen molar-refractivity contribution in [3.05, 3.63) is 22.3 Å². The summed E-state index contributed by atoms with van der Waals surface area (Å²) in [5.41, 5.74) is 5.53. The Morgan fingerprint density at radius 3 is 1.89 bits per heavy atom. The van der Waals surface area contributed by atoms with Crippen LogP contribution < -0.4 is 0 Å². The summed E-state index contributed by atoms with van der Waals surface area (Å²) in [5.74, 6) is 3.46. The van der Waals surface area contributed by atoms with E-state index in [1.54, 1.807) is 16.7 Å². The predicted molar refractivity (Wildman–Crippen MR) is 175 cm³/mol. The van der Waals surface area contributed by atoms with Crippen molar-refractivity contribution in [2.24, 2.45) is 80.8 Å². The Hall–Kier alpha value is -1.58. The molecule has 0 amide bonds. The van der Waals surface area contributed by atoms with Gasteiger partial charge >= 0.3 is 11.9 Å². The number of carboxylic acid groups (broad SMARTS) is 2. The van der Waals surface area contributed by atoms with Crippen LogP contribution in [0.5, 0.6) is 0 Å². The third-order valence-electron chi connectivity index (χ3n) is 16.6. The highest BCUT2D eigenvalue weighted by Gasteiger charge is 2.69. The fourth-order valence-corrected chi connectivity index (χ4v) is 14.7. The molecule has 4 nitrogen and oxygen atoms in total. The van der Waals surface area contributed by atoms with E-state index in [1.807, 2.05) is 0 Å². The lowest BCUT2D eigenvalue weighted by Crippen LogP contribution is -2.64. The smallest absolute Gasteiger partial charge is 0.309 e. The summed E-state index contributed by atoms with van der Waals surface area (Å²) in [7, 11) is 0. The fraction of sp³-hybridized carbons (Fsp3) is 0.850. The Balaban J connectivity index is 1.49. The molecule has 44 heavy (non-hydrogen) atoms. The van der Waals surface area contributed by atoms with Crippen LogP contribution in [0, 0.1) is 80.8 Å². The Labute approximate surface area is 266 Å². The largest absolute Gasteiger partial charge is 0.481 e. The van der Waals surface area contributed by atoms with Crippen molar-refractivity contribution < 1.29 is 19.8 Å². The summed E-state index contributed by atoms with van der Waals surface area (Å²) < 4.78 is 0. The van der Waals surface area contributed by atoms with Crippen molar-refractivity contribution in [3.8, 4) is 0 Å². The van der Waals surface area contributed by atoms with Gasteiger partial charge in [0.2, 0.25) is 0 Å². The van der Waals surface area contributed by atoms with Crippen molar-refractivity contribution in [2.75, 3.05) is 0 Å². The van der Waals surface area contributed by atoms with Gasteiger partial charge in [-0.15, -0.1) is 0 Å². The summed E-state index contributed by atoms with van der Waals surface area (Å²) in [6, 6.07) is 0. The topological polar surface area (TPSA) is 74.6 Å². The lowest BCUT2D eigenvalue weighted by molar-refractivity contribution is -0.186. The molecule has 0 spiro atoms. The van der Waals surface area contributed by atoms with E-state index in [0.717, 1.165) is 57.8 Å². The molecule has 7 rings (SSSR count). The molecule has 7 aliphatic carbocycles. The van der Waals surface area contributed by atoms with E-state index in [-0.39, 0.29) is 22.7 Å². The molecule has 0 radical (unpaired) electrons. The minimum Gasteiger partial charge on any atom is -0.481 e. The van der Waals surface area contributed by atoms with Gasteiger partial charge < -0.3 is 10.2 Å². The molecular weight excluding hydrogens is 544 g/mol. The monoisotopic (exact) mass is 604 g/mol. The van der Waals surface area contributed by atoms with E-state index >= 15 is 0 Å². The quantitative estimate of drug-likeness (QED) is 0.315. The van der Waals surface area contributed by atoms with E-state index in [1.165, 1.54) is 24.8 Å². The maximum absolute atomic E-state index is 13.1. The minimum absolute atomic E-state index is 0.0278. The molecule has 0 bridgehead atoms. The zero-order chi connectivity index (χ0) is 31.7. The zero-order valence-corrected chi connectivity index (χ0v) is 29.0. The second-order valence-corrected chi connectivity index (χ2v) is 18.6. The zero-order valence-electron chi connectivity index (χ0n) is 29.0. The highest BCUT2D eigenvalue weighted by molar-refractivity contribution is 5.75. The van der Waals surface area contributed by atoms with Gasteiger partial charge in [0, 0.05) is 0 Å². The van der Waals surface area contributed by atoms with Gasteiger partial charge in [-0.2, -0.15) is 0 Å². The van der Waals surface area contributed by atoms with Crippen LogP contribution >= 0.6 is 0 Å². The number of aliphatic carboxylic acids is 2. The SMILES string of the molecule is CC(C)=C1CCC2C3C(CC4C(C)(C(=O)O)CCCC24C)C2=C4C(CC5C(C)(C(=O)O)CCCC5(C)C4CCC2C(C)C)C13. The highest BCUT2D eigenvalue weighted by atomic mass is 16.4. The minimum atomic E-state index is -0.653. The van der Waals surface area contributed by atoms with Crippen LogP contribution in [0.1, 0.15) is 132 Å². The maximum Gasteiger partial charge on any atom is 0.309 e. The number of carbonyl (C=O) groups is 2. The van der Waals surface area contributed by atoms with E-state index < -0.39 is 22.8 Å². The van der Waals surface area contributed by atoms with Gasteiger partial charge in [-0.25, -0.2) is 0 Å². The second kappa shape index (κ2) is 9.96. The molecule has 4 heteroatoms. The molecule has 5 fully saturated rings. The number of hydrogen-bond donors (Lipinski definition) is 2. The molecule has 2 N–H and O–H groups in total. The molecule has 13 atom stereocenters. The van der Waals surface area contributed by atoms with Crippen LogP contribution in [0.4, 0.5) is 0 Å². The van der Waals surface area contributed by atoms with E-state index in [2.05, 4.69) is 55.4 Å². The summed E-state index contributed by atoms with van der Waals surface area (Å²) >= 11 is 0. The molecule has 0 aliphatic heterocycles. The average Bonchev–Trinajstić information content (AvgIpc) is 2.95. The van der Waals surface area contributed by atoms with Crippen molar-refractivity contribution in [1.82, 2.24) is 0 Å². The first-order chi connectivity index (χ1) is 20.6. The maximum atomic E-state index is 13.1. The third-order valence-corrected chi connectivity index (χ3v) is 16.6. The van der Waals surface area contributed by atoms with Crippen molar-refractivity contribution >= 4 is 11.9 Å². The number of hydrogen-bond acceptors (Lipinski definition) is 2. The first-order valence-electron chi connectivity index (χ1n) is 18.5. The first-order valence-corrected chi connectivity index (χ1v) is 18.5. The Morgan fingerprint density at radius 1 is 0.750 bits per heavy atom. The van der Waals surface area contributed by atoms with E-state index in [9.17, 15) is 19.8 Å². The number of fused-ring (bicyclic) bond motifs is 6. The average molecular weight is 605 g/mol. The molecule has 0 heterocycles. The van der Waals surface area contributed by atoms with Crippen molar-refractivity contribution in [1.29, 1.82) is 0 Å². The van der Waals surface area contributed by atoms with Gasteiger partial charge in [0.15, 0.2) is 0 Å². The number of allylic oxidation sites excluding steroid dienone is 4. The summed E-state index contributed by atoms with van der Waals surface area (Å²) in [4.78, 5) is 26.2. The summed E-state index contributed by atoms with van der Waals surface area (Å²) in [6.07, 6.45) is 12.8. The lowest BCUT2D eigenvalue weighted by atomic mass is 9.34. The van der Waals surface area contributed by atoms with E-state index in [4.69, 9.17) is 0 Å². The summed E-state index contributed by atoms with van der Waals surface area (Å²) in [6.45, 7) is 18.8. The van der Waals surface area contributed by atoms with Gasteiger partial charge in [0.1, 0.15) is 0 Å². The van der Waals surface area contributed by atoms with Gasteiger partial charge in [-0.05, 0) is 162 Å². The lowest BCUT2D eigenvalue weighted by Gasteiger charge is -2.70. The van der Waals surface area contributed by atoms with E-state index in [0.29, 0.717) is 47.3 Å². The fourth-order valence-electron chi connectivity index (χ4n) is 14.7. The highest BCUT2D eigenvalue weighted by Crippen LogP contribution is 2.75. The van der Waals surface area contributed by atoms with Gasteiger partial charge in [0.25, 0.3) is 0 Å². The third kappa shape index (κ3) is 3.81. The standard InChI is InChI=1S/C40H60O4/c1-21(2)23-11-13-27-33-26(20-30-37(27,5)15-9-18-40(30,8)36(43)44)32-24(22(3)4)12-14-28-34(32)25(31(23)33)19-29-38(28,6)16-10-17-39(29,7)35(41)42/h21,23,25-30,32,34H,9-20H2,1-8H3,(H,41,42)(H,43,44).